The number of fused-ring (bicyclic) bond motifs is 1. The van der Waals surface area contributed by atoms with Gasteiger partial charge in [0.1, 0.15) is 0 Å². The molecule has 0 aliphatic rings. The van der Waals surface area contributed by atoms with Crippen LogP contribution in [0.3, 0.4) is 0 Å². The molecule has 0 aliphatic carbocycles. The van der Waals surface area contributed by atoms with E-state index < -0.39 is 16.2 Å². The number of H-pyrrole nitrogens is 1. The maximum absolute atomic E-state index is 12.1. The summed E-state index contributed by atoms with van der Waals surface area (Å²) in [5, 5.41) is 29.1. The van der Waals surface area contributed by atoms with Crippen molar-refractivity contribution >= 4 is 51.2 Å². The topological polar surface area (TPSA) is 121 Å². The smallest absolute Gasteiger partial charge is 0.280 e. The van der Waals surface area contributed by atoms with E-state index in [4.69, 9.17) is 23.2 Å². The molecule has 25 heavy (non-hydrogen) atoms. The summed E-state index contributed by atoms with van der Waals surface area (Å²) in [5.74, 6) is -0.425. The SMILES string of the molecule is O=c1[nH]c2c(Cl)c(Cl)ccc2c(O)c1N=Nc1cccc([N+](=O)[O-])c1. The second-order valence-corrected chi connectivity index (χ2v) is 5.70. The lowest BCUT2D eigenvalue weighted by Gasteiger charge is -2.06. The molecule has 0 aliphatic heterocycles. The summed E-state index contributed by atoms with van der Waals surface area (Å²) < 4.78 is 0. The lowest BCUT2D eigenvalue weighted by Crippen LogP contribution is -2.05. The Morgan fingerprint density at radius 2 is 1.92 bits per heavy atom. The van der Waals surface area contributed by atoms with Crippen LogP contribution < -0.4 is 5.56 Å². The van der Waals surface area contributed by atoms with Crippen LogP contribution in [-0.4, -0.2) is 15.0 Å². The first-order valence-electron chi connectivity index (χ1n) is 6.77. The summed E-state index contributed by atoms with van der Waals surface area (Å²) in [5.41, 5.74) is -0.927. The number of benzene rings is 2. The van der Waals surface area contributed by atoms with Gasteiger partial charge in [-0.1, -0.05) is 29.3 Å². The third kappa shape index (κ3) is 3.17. The summed E-state index contributed by atoms with van der Waals surface area (Å²) in [6.45, 7) is 0. The van der Waals surface area contributed by atoms with Gasteiger partial charge in [-0.3, -0.25) is 14.9 Å². The van der Waals surface area contributed by atoms with Crippen LogP contribution in [0.25, 0.3) is 10.9 Å². The predicted molar refractivity (Wildman–Crippen MR) is 93.5 cm³/mol. The Morgan fingerprint density at radius 1 is 1.16 bits per heavy atom. The average molecular weight is 379 g/mol. The Morgan fingerprint density at radius 3 is 2.64 bits per heavy atom. The highest BCUT2D eigenvalue weighted by atomic mass is 35.5. The highest BCUT2D eigenvalue weighted by Crippen LogP contribution is 2.37. The van der Waals surface area contributed by atoms with Crippen LogP contribution in [0.2, 0.25) is 10.0 Å². The van der Waals surface area contributed by atoms with Crippen LogP contribution in [0.5, 0.6) is 5.75 Å². The Bertz CT molecular complexity index is 1090. The molecule has 0 atom stereocenters. The minimum absolute atomic E-state index is 0.0914. The predicted octanol–water partition coefficient (Wildman–Crippen LogP) is 4.86. The molecule has 8 nitrogen and oxygen atoms in total. The number of non-ortho nitro benzene ring substituents is 1. The summed E-state index contributed by atoms with van der Waals surface area (Å²) in [7, 11) is 0. The van der Waals surface area contributed by atoms with Crippen LogP contribution in [0, 0.1) is 10.1 Å². The van der Waals surface area contributed by atoms with E-state index in [0.717, 1.165) is 0 Å². The lowest BCUT2D eigenvalue weighted by atomic mass is 10.2. The molecule has 0 fully saturated rings. The van der Waals surface area contributed by atoms with E-state index in [1.54, 1.807) is 0 Å². The molecule has 0 spiro atoms. The molecule has 10 heteroatoms. The number of pyridine rings is 1. The van der Waals surface area contributed by atoms with E-state index in [2.05, 4.69) is 15.2 Å². The van der Waals surface area contributed by atoms with Crippen molar-refractivity contribution in [1.82, 2.24) is 4.98 Å². The van der Waals surface area contributed by atoms with Crippen LogP contribution in [0.15, 0.2) is 51.4 Å². The van der Waals surface area contributed by atoms with Gasteiger partial charge >= 0.3 is 0 Å². The average Bonchev–Trinajstić information content (AvgIpc) is 2.58. The Kier molecular flexibility index (Phi) is 4.39. The third-order valence-electron chi connectivity index (χ3n) is 3.33. The van der Waals surface area contributed by atoms with Gasteiger partial charge in [-0.2, -0.15) is 0 Å². The molecule has 2 aromatic carbocycles. The molecule has 0 radical (unpaired) electrons. The van der Waals surface area contributed by atoms with Gasteiger partial charge < -0.3 is 10.1 Å². The summed E-state index contributed by atoms with van der Waals surface area (Å²) in [6.07, 6.45) is 0. The van der Waals surface area contributed by atoms with E-state index >= 15 is 0 Å². The number of azo groups is 1. The lowest BCUT2D eigenvalue weighted by molar-refractivity contribution is -0.384. The quantitative estimate of drug-likeness (QED) is 0.383. The highest BCUT2D eigenvalue weighted by Gasteiger charge is 2.15. The molecule has 0 bridgehead atoms. The highest BCUT2D eigenvalue weighted by molar-refractivity contribution is 6.45. The number of aromatic amines is 1. The molecular formula is C15H8Cl2N4O4. The van der Waals surface area contributed by atoms with Gasteiger partial charge in [-0.15, -0.1) is 10.2 Å². The standard InChI is InChI=1S/C15H8Cl2N4O4/c16-10-5-4-9-12(11(10)17)18-15(23)13(14(9)22)20-19-7-2-1-3-8(6-7)21(24)25/h1-6H,(H2,18,22,23). The Hall–Kier alpha value is -2.97. The van der Waals surface area contributed by atoms with Crippen molar-refractivity contribution in [3.63, 3.8) is 0 Å². The second-order valence-electron chi connectivity index (χ2n) is 4.91. The van der Waals surface area contributed by atoms with Gasteiger partial charge in [-0.25, -0.2) is 0 Å². The van der Waals surface area contributed by atoms with Crippen molar-refractivity contribution in [3.8, 4) is 5.75 Å². The van der Waals surface area contributed by atoms with Crippen LogP contribution in [-0.2, 0) is 0 Å². The van der Waals surface area contributed by atoms with Crippen molar-refractivity contribution in [1.29, 1.82) is 0 Å². The fourth-order valence-electron chi connectivity index (χ4n) is 2.15. The zero-order valence-corrected chi connectivity index (χ0v) is 13.7. The first-order valence-corrected chi connectivity index (χ1v) is 7.53. The maximum Gasteiger partial charge on any atom is 0.280 e. The van der Waals surface area contributed by atoms with Gasteiger partial charge in [0.05, 0.1) is 26.2 Å². The molecule has 1 heterocycles. The number of nitrogens with one attached hydrogen (secondary N) is 1. The van der Waals surface area contributed by atoms with Crippen molar-refractivity contribution in [2.24, 2.45) is 10.2 Å². The zero-order chi connectivity index (χ0) is 18.1. The molecule has 1 aromatic heterocycles. The van der Waals surface area contributed by atoms with Gasteiger partial charge in [0.2, 0.25) is 0 Å². The number of rotatable bonds is 3. The number of nitrogens with zero attached hydrogens (tertiary/aromatic N) is 3. The molecule has 0 amide bonds. The largest absolute Gasteiger partial charge is 0.505 e. The zero-order valence-electron chi connectivity index (χ0n) is 12.2. The summed E-state index contributed by atoms with van der Waals surface area (Å²) in [4.78, 5) is 24.8. The number of hydrogen-bond acceptors (Lipinski definition) is 6. The van der Waals surface area contributed by atoms with E-state index in [-0.39, 0.29) is 38.0 Å². The van der Waals surface area contributed by atoms with Gasteiger partial charge in [-0.05, 0) is 18.2 Å². The monoisotopic (exact) mass is 378 g/mol. The number of aromatic hydroxyl groups is 1. The first-order chi connectivity index (χ1) is 11.9. The summed E-state index contributed by atoms with van der Waals surface area (Å²) >= 11 is 11.9. The normalized spacial score (nSPS) is 11.3. The Balaban J connectivity index is 2.11. The van der Waals surface area contributed by atoms with E-state index in [1.807, 2.05) is 0 Å². The van der Waals surface area contributed by atoms with Crippen LogP contribution in [0.4, 0.5) is 17.1 Å². The van der Waals surface area contributed by atoms with Crippen molar-refractivity contribution < 1.29 is 10.0 Å². The molecule has 0 unspecified atom stereocenters. The van der Waals surface area contributed by atoms with Gasteiger partial charge in [0.15, 0.2) is 11.4 Å². The molecule has 3 aromatic rings. The van der Waals surface area contributed by atoms with Gasteiger partial charge in [0.25, 0.3) is 11.2 Å². The van der Waals surface area contributed by atoms with E-state index in [9.17, 15) is 20.0 Å². The molecule has 3 rings (SSSR count). The van der Waals surface area contributed by atoms with Gasteiger partial charge in [0, 0.05) is 17.5 Å². The van der Waals surface area contributed by atoms with Crippen LogP contribution in [0.1, 0.15) is 0 Å². The number of nitro groups is 1. The van der Waals surface area contributed by atoms with E-state index in [0.29, 0.717) is 0 Å². The van der Waals surface area contributed by atoms with Crippen molar-refractivity contribution in [3.05, 3.63) is 66.9 Å². The number of halogens is 2. The first kappa shape index (κ1) is 16.9. The Labute approximate surface area is 149 Å². The summed E-state index contributed by atoms with van der Waals surface area (Å²) in [6, 6.07) is 8.32. The molecule has 0 saturated heterocycles. The number of hydrogen-bond donors (Lipinski definition) is 2. The van der Waals surface area contributed by atoms with E-state index in [1.165, 1.54) is 36.4 Å². The second kappa shape index (κ2) is 6.50. The minimum atomic E-state index is -0.733. The molecule has 0 saturated carbocycles. The number of nitro benzene ring substituents is 1. The number of aromatic nitrogens is 1. The fourth-order valence-corrected chi connectivity index (χ4v) is 2.52. The third-order valence-corrected chi connectivity index (χ3v) is 4.14. The molecule has 2 N–H and O–H groups in total. The van der Waals surface area contributed by atoms with Crippen LogP contribution >= 0.6 is 23.2 Å². The minimum Gasteiger partial charge on any atom is -0.505 e. The molecular weight excluding hydrogens is 371 g/mol. The maximum atomic E-state index is 12.1. The van der Waals surface area contributed by atoms with Crippen molar-refractivity contribution in [2.75, 3.05) is 0 Å². The fraction of sp³-hybridized carbons (Fsp3) is 0. The molecule has 126 valence electrons. The van der Waals surface area contributed by atoms with Crippen molar-refractivity contribution in [2.45, 2.75) is 0 Å².